The molecule has 260 valence electrons. The molecule has 2 bridgehead atoms. The number of nitrogens with one attached hydrogen (secondary N) is 2. The van der Waals surface area contributed by atoms with Gasteiger partial charge in [-0.2, -0.15) is 28.4 Å². The number of morpholine rings is 1. The number of amides is 2. The maximum atomic E-state index is 14.2. The van der Waals surface area contributed by atoms with Crippen LogP contribution in [0.4, 0.5) is 27.8 Å². The van der Waals surface area contributed by atoms with Crippen molar-refractivity contribution in [2.24, 2.45) is 17.8 Å². The number of halogens is 5. The molecule has 0 radical (unpaired) electrons. The molecule has 5 atom stereocenters. The molecule has 1 unspecified atom stereocenters. The van der Waals surface area contributed by atoms with Gasteiger partial charge in [-0.3, -0.25) is 14.3 Å². The van der Waals surface area contributed by atoms with E-state index in [0.29, 0.717) is 42.5 Å². The topological polar surface area (TPSA) is 132 Å². The summed E-state index contributed by atoms with van der Waals surface area (Å²) in [6, 6.07) is 0.830. The van der Waals surface area contributed by atoms with Gasteiger partial charge in [0.2, 0.25) is 11.8 Å². The number of alkyl halides is 5. The maximum Gasteiger partial charge on any atom is 0.393 e. The summed E-state index contributed by atoms with van der Waals surface area (Å²) < 4.78 is 78.3. The van der Waals surface area contributed by atoms with Crippen LogP contribution in [0, 0.1) is 17.8 Å². The molecule has 4 fully saturated rings. The third-order valence-electron chi connectivity index (χ3n) is 10.2. The van der Waals surface area contributed by atoms with Crippen molar-refractivity contribution in [1.29, 1.82) is 0 Å². The highest BCUT2D eigenvalue weighted by molar-refractivity contribution is 5.92. The zero-order valence-corrected chi connectivity index (χ0v) is 26.4. The van der Waals surface area contributed by atoms with Crippen LogP contribution in [0.3, 0.4) is 0 Å². The van der Waals surface area contributed by atoms with Gasteiger partial charge in [0.05, 0.1) is 36.1 Å². The Kier molecular flexibility index (Phi) is 8.52. The fourth-order valence-electron chi connectivity index (χ4n) is 7.57. The zero-order chi connectivity index (χ0) is 33.8. The number of nitrogens with zero attached hydrogens (tertiary/aromatic N) is 7. The van der Waals surface area contributed by atoms with Crippen LogP contribution >= 0.6 is 0 Å². The lowest BCUT2D eigenvalue weighted by molar-refractivity contribution is -0.183. The summed E-state index contributed by atoms with van der Waals surface area (Å²) in [5, 5.41) is 14.3. The molecular formula is C31H38F5N9O3. The molecule has 1 aliphatic carbocycles. The average Bonchev–Trinajstić information content (AvgIpc) is 3.78. The first-order valence-corrected chi connectivity index (χ1v) is 16.6. The van der Waals surface area contributed by atoms with Gasteiger partial charge >= 0.3 is 6.18 Å². The predicted octanol–water partition coefficient (Wildman–Crippen LogP) is 3.86. The standard InChI is InChI=1S/C31H38F5N9O3/c1-2-44-24(7-10-38-44)28(47)40-25(17-5-8-30(32,33)9-6-17)23-16-45-29(39-23)41-26(43-14-20-3-4-21(15-43)48-20)22(42-45)12-18-11-19(31(34,35)36)13-37-27(18)46/h7,10,16-21,25H,2-6,8-9,11-15H2,1H3,(H,37,46)(H,40,47)/t18?,19-,20-,21+,25+/m1/s1. The summed E-state index contributed by atoms with van der Waals surface area (Å²) in [7, 11) is 0. The van der Waals surface area contributed by atoms with Crippen LogP contribution in [0.5, 0.6) is 0 Å². The molecule has 0 spiro atoms. The van der Waals surface area contributed by atoms with Gasteiger partial charge in [-0.15, -0.1) is 0 Å². The summed E-state index contributed by atoms with van der Waals surface area (Å²) in [6.07, 6.45) is -0.455. The molecule has 7 rings (SSSR count). The summed E-state index contributed by atoms with van der Waals surface area (Å²) in [5.41, 5.74) is 1.04. The van der Waals surface area contributed by atoms with E-state index in [9.17, 15) is 31.5 Å². The van der Waals surface area contributed by atoms with Gasteiger partial charge in [-0.1, -0.05) is 0 Å². The van der Waals surface area contributed by atoms with E-state index in [1.807, 2.05) is 11.8 Å². The number of aryl methyl sites for hydroxylation is 1. The lowest BCUT2D eigenvalue weighted by Gasteiger charge is -2.34. The van der Waals surface area contributed by atoms with Crippen molar-refractivity contribution in [3.63, 3.8) is 0 Å². The summed E-state index contributed by atoms with van der Waals surface area (Å²) in [6.45, 7) is 2.84. The summed E-state index contributed by atoms with van der Waals surface area (Å²) in [4.78, 5) is 37.9. The second-order valence-electron chi connectivity index (χ2n) is 13.5. The van der Waals surface area contributed by atoms with Gasteiger partial charge in [0.15, 0.2) is 5.82 Å². The molecule has 3 saturated heterocycles. The number of piperidine rings is 1. The first-order valence-electron chi connectivity index (χ1n) is 16.6. The highest BCUT2D eigenvalue weighted by Gasteiger charge is 2.46. The summed E-state index contributed by atoms with van der Waals surface area (Å²) in [5.74, 6) is -6.08. The number of carbonyl (C=O) groups is 2. The molecule has 3 aromatic heterocycles. The maximum absolute atomic E-state index is 14.2. The highest BCUT2D eigenvalue weighted by atomic mass is 19.4. The van der Waals surface area contributed by atoms with Crippen molar-refractivity contribution in [3.05, 3.63) is 35.5 Å². The van der Waals surface area contributed by atoms with E-state index in [1.165, 1.54) is 15.4 Å². The van der Waals surface area contributed by atoms with Crippen LogP contribution in [0.25, 0.3) is 5.78 Å². The summed E-state index contributed by atoms with van der Waals surface area (Å²) >= 11 is 0. The Balaban J connectivity index is 1.25. The minimum absolute atomic E-state index is 0.0295. The number of imidazole rings is 1. The monoisotopic (exact) mass is 679 g/mol. The van der Waals surface area contributed by atoms with E-state index in [4.69, 9.17) is 19.8 Å². The Labute approximate surface area is 272 Å². The SMILES string of the molecule is CCn1nccc1C(=O)N[C@H](c1cn2nc(CC3C[C@@H](C(F)(F)F)CNC3=O)c(N3C[C@H]4CC[C@@H](C3)O4)nc2n1)C1CCC(F)(F)CC1. The molecule has 48 heavy (non-hydrogen) atoms. The van der Waals surface area contributed by atoms with Crippen molar-refractivity contribution in [2.75, 3.05) is 24.5 Å². The Bertz CT molecular complexity index is 1650. The van der Waals surface area contributed by atoms with Crippen molar-refractivity contribution >= 4 is 23.4 Å². The fraction of sp³-hybridized carbons (Fsp3) is 0.677. The molecule has 2 amide bonds. The minimum atomic E-state index is -4.45. The molecule has 6 heterocycles. The van der Waals surface area contributed by atoms with Crippen molar-refractivity contribution in [1.82, 2.24) is 40.0 Å². The first-order chi connectivity index (χ1) is 22.9. The molecule has 1 saturated carbocycles. The Morgan fingerprint density at radius 2 is 1.88 bits per heavy atom. The number of hydrogen-bond acceptors (Lipinski definition) is 8. The van der Waals surface area contributed by atoms with E-state index < -0.39 is 48.3 Å². The van der Waals surface area contributed by atoms with Crippen LogP contribution in [0.1, 0.15) is 79.8 Å². The average molecular weight is 680 g/mol. The third-order valence-corrected chi connectivity index (χ3v) is 10.2. The van der Waals surface area contributed by atoms with Crippen LogP contribution < -0.4 is 15.5 Å². The van der Waals surface area contributed by atoms with Gasteiger partial charge < -0.3 is 20.3 Å². The molecule has 4 aliphatic rings. The number of aromatic nitrogens is 6. The van der Waals surface area contributed by atoms with Crippen LogP contribution in [0.15, 0.2) is 18.5 Å². The lowest BCUT2D eigenvalue weighted by Crippen LogP contribution is -2.47. The van der Waals surface area contributed by atoms with E-state index in [0.717, 1.165) is 12.8 Å². The molecule has 0 aromatic carbocycles. The molecule has 3 aromatic rings. The minimum Gasteiger partial charge on any atom is -0.371 e. The van der Waals surface area contributed by atoms with Crippen LogP contribution in [-0.4, -0.2) is 85.1 Å². The second-order valence-corrected chi connectivity index (χ2v) is 13.5. The Morgan fingerprint density at radius 1 is 1.15 bits per heavy atom. The Morgan fingerprint density at radius 3 is 2.56 bits per heavy atom. The molecule has 2 N–H and O–H groups in total. The number of rotatable bonds is 8. The second kappa shape index (κ2) is 12.5. The molecular weight excluding hydrogens is 641 g/mol. The van der Waals surface area contributed by atoms with Crippen molar-refractivity contribution in [2.45, 2.75) is 95.2 Å². The largest absolute Gasteiger partial charge is 0.393 e. The number of carbonyl (C=O) groups excluding carboxylic acids is 2. The number of ether oxygens (including phenoxy) is 1. The van der Waals surface area contributed by atoms with Crippen LogP contribution in [0.2, 0.25) is 0 Å². The normalized spacial score (nSPS) is 26.9. The first kappa shape index (κ1) is 32.6. The van der Waals surface area contributed by atoms with E-state index in [-0.39, 0.29) is 62.4 Å². The fourth-order valence-corrected chi connectivity index (χ4v) is 7.57. The Hall–Kier alpha value is -3.89. The molecule has 3 aliphatic heterocycles. The van der Waals surface area contributed by atoms with Gasteiger partial charge in [0.1, 0.15) is 11.4 Å². The predicted molar refractivity (Wildman–Crippen MR) is 160 cm³/mol. The van der Waals surface area contributed by atoms with E-state index in [2.05, 4.69) is 15.7 Å². The lowest BCUT2D eigenvalue weighted by atomic mass is 9.81. The number of hydrogen-bond donors (Lipinski definition) is 2. The van der Waals surface area contributed by atoms with Crippen LogP contribution in [-0.2, 0) is 22.5 Å². The van der Waals surface area contributed by atoms with E-state index >= 15 is 0 Å². The number of fused-ring (bicyclic) bond motifs is 3. The van der Waals surface area contributed by atoms with Gasteiger partial charge in [0.25, 0.3) is 11.7 Å². The zero-order valence-electron chi connectivity index (χ0n) is 26.4. The van der Waals surface area contributed by atoms with Crippen molar-refractivity contribution in [3.8, 4) is 0 Å². The quantitative estimate of drug-likeness (QED) is 0.344. The van der Waals surface area contributed by atoms with Gasteiger partial charge in [-0.05, 0) is 51.0 Å². The number of anilines is 1. The third kappa shape index (κ3) is 6.57. The van der Waals surface area contributed by atoms with Crippen molar-refractivity contribution < 1.29 is 36.3 Å². The highest BCUT2D eigenvalue weighted by Crippen LogP contribution is 2.42. The van der Waals surface area contributed by atoms with Gasteiger partial charge in [-0.25, -0.2) is 18.3 Å². The molecule has 12 nitrogen and oxygen atoms in total. The van der Waals surface area contributed by atoms with E-state index in [1.54, 1.807) is 12.3 Å². The molecule has 17 heteroatoms. The smallest absolute Gasteiger partial charge is 0.371 e. The van der Waals surface area contributed by atoms with Gasteiger partial charge in [0, 0.05) is 57.6 Å².